The largest absolute Gasteiger partial charge is 0.416 e. The third-order valence-corrected chi connectivity index (χ3v) is 5.59. The Morgan fingerprint density at radius 1 is 1.00 bits per heavy atom. The number of halogens is 3. The predicted octanol–water partition coefficient (Wildman–Crippen LogP) is 6.05. The first kappa shape index (κ1) is 25.2. The van der Waals surface area contributed by atoms with Gasteiger partial charge in [0.2, 0.25) is 0 Å². The van der Waals surface area contributed by atoms with Gasteiger partial charge in [0.05, 0.1) is 24.9 Å². The van der Waals surface area contributed by atoms with Crippen LogP contribution < -0.4 is 10.6 Å². The number of aliphatic hydroxyl groups excluding tert-OH is 1. The number of hydrogen-bond donors (Lipinski definition) is 3. The molecule has 0 radical (unpaired) electrons. The number of nitrogens with one attached hydrogen (secondary N) is 2. The molecule has 0 aliphatic rings. The second-order valence-corrected chi connectivity index (χ2v) is 9.37. The number of aromatic nitrogens is 3. The van der Waals surface area contributed by atoms with Crippen LogP contribution in [0.25, 0.3) is 22.2 Å². The molecule has 0 spiro atoms. The lowest BCUT2D eigenvalue weighted by atomic mass is 9.89. The molecular weight excluding hydrogens is 471 g/mol. The zero-order valence-corrected chi connectivity index (χ0v) is 20.0. The lowest BCUT2D eigenvalue weighted by molar-refractivity contribution is -0.137. The topological polar surface area (TPSA) is 92.1 Å². The molecule has 0 fully saturated rings. The van der Waals surface area contributed by atoms with Crippen molar-refractivity contribution < 1.29 is 23.1 Å². The van der Waals surface area contributed by atoms with Crippen molar-refractivity contribution in [1.82, 2.24) is 14.8 Å². The molecule has 2 amide bonds. The highest BCUT2D eigenvalue weighted by Gasteiger charge is 2.30. The van der Waals surface area contributed by atoms with Crippen molar-refractivity contribution in [3.8, 4) is 11.1 Å². The molecule has 2 heterocycles. The van der Waals surface area contributed by atoms with Crippen molar-refractivity contribution in [2.45, 2.75) is 38.9 Å². The summed E-state index contributed by atoms with van der Waals surface area (Å²) >= 11 is 0. The van der Waals surface area contributed by atoms with E-state index in [4.69, 9.17) is 4.98 Å². The van der Waals surface area contributed by atoms with Gasteiger partial charge in [-0.3, -0.25) is 0 Å². The van der Waals surface area contributed by atoms with Crippen LogP contribution in [0.1, 0.15) is 32.0 Å². The molecule has 0 saturated carbocycles. The van der Waals surface area contributed by atoms with Crippen molar-refractivity contribution in [3.63, 3.8) is 0 Å². The molecule has 0 bridgehead atoms. The third kappa shape index (κ3) is 5.49. The SMILES string of the molecule is CC(C)(C)c1cc(-c2ccc(NC(=O)Nc3cccc(C(F)(F)F)c3)cc2)c2cnn(CCO)c2n1. The Balaban J connectivity index is 1.57. The first-order valence-electron chi connectivity index (χ1n) is 11.3. The van der Waals surface area contributed by atoms with Crippen LogP contribution in [0.5, 0.6) is 0 Å². The normalized spacial score (nSPS) is 12.1. The van der Waals surface area contributed by atoms with Crippen molar-refractivity contribution in [3.05, 3.63) is 72.1 Å². The third-order valence-electron chi connectivity index (χ3n) is 5.59. The van der Waals surface area contributed by atoms with Crippen LogP contribution in [-0.2, 0) is 18.1 Å². The molecule has 4 rings (SSSR count). The van der Waals surface area contributed by atoms with Gasteiger partial charge in [-0.05, 0) is 47.5 Å². The van der Waals surface area contributed by atoms with Crippen molar-refractivity contribution in [1.29, 1.82) is 0 Å². The molecule has 188 valence electrons. The minimum absolute atomic E-state index is 0.0349. The molecule has 2 aromatic carbocycles. The van der Waals surface area contributed by atoms with Crippen LogP contribution in [0.3, 0.4) is 0 Å². The predicted molar refractivity (Wildman–Crippen MR) is 133 cm³/mol. The molecular formula is C26H26F3N5O2. The van der Waals surface area contributed by atoms with Gasteiger partial charge in [-0.2, -0.15) is 18.3 Å². The van der Waals surface area contributed by atoms with Gasteiger partial charge in [-0.25, -0.2) is 14.5 Å². The van der Waals surface area contributed by atoms with Gasteiger partial charge in [-0.1, -0.05) is 39.0 Å². The highest BCUT2D eigenvalue weighted by molar-refractivity contribution is 6.00. The molecule has 4 aromatic rings. The molecule has 0 aliphatic heterocycles. The number of alkyl halides is 3. The molecule has 0 atom stereocenters. The zero-order chi connectivity index (χ0) is 26.1. The lowest BCUT2D eigenvalue weighted by Crippen LogP contribution is -2.19. The highest BCUT2D eigenvalue weighted by atomic mass is 19.4. The second-order valence-electron chi connectivity index (χ2n) is 9.37. The fourth-order valence-corrected chi connectivity index (χ4v) is 3.73. The number of benzene rings is 2. The summed E-state index contributed by atoms with van der Waals surface area (Å²) in [6.07, 6.45) is -2.78. The maximum absolute atomic E-state index is 12.9. The minimum Gasteiger partial charge on any atom is -0.394 e. The van der Waals surface area contributed by atoms with E-state index in [9.17, 15) is 23.1 Å². The number of hydrogen-bond acceptors (Lipinski definition) is 4. The van der Waals surface area contributed by atoms with Crippen molar-refractivity contribution in [2.24, 2.45) is 0 Å². The summed E-state index contributed by atoms with van der Waals surface area (Å²) in [5, 5.41) is 19.6. The van der Waals surface area contributed by atoms with Crippen molar-refractivity contribution in [2.75, 3.05) is 17.2 Å². The number of aliphatic hydroxyl groups is 1. The van der Waals surface area contributed by atoms with Gasteiger partial charge in [0, 0.05) is 27.9 Å². The summed E-state index contributed by atoms with van der Waals surface area (Å²) in [5.41, 5.74) is 2.77. The van der Waals surface area contributed by atoms with Crippen LogP contribution in [0.2, 0.25) is 0 Å². The Labute approximate surface area is 206 Å². The molecule has 0 saturated heterocycles. The van der Waals surface area contributed by atoms with E-state index in [2.05, 4.69) is 36.5 Å². The van der Waals surface area contributed by atoms with E-state index in [1.165, 1.54) is 12.1 Å². The Morgan fingerprint density at radius 2 is 1.69 bits per heavy atom. The van der Waals surface area contributed by atoms with Gasteiger partial charge in [0.25, 0.3) is 0 Å². The van der Waals surface area contributed by atoms with Gasteiger partial charge < -0.3 is 15.7 Å². The average molecular weight is 498 g/mol. The number of nitrogens with zero attached hydrogens (tertiary/aromatic N) is 3. The van der Waals surface area contributed by atoms with Crippen LogP contribution >= 0.6 is 0 Å². The molecule has 7 nitrogen and oxygen atoms in total. The zero-order valence-electron chi connectivity index (χ0n) is 20.0. The first-order valence-corrected chi connectivity index (χ1v) is 11.3. The van der Waals surface area contributed by atoms with Gasteiger partial charge in [0.1, 0.15) is 0 Å². The Kier molecular flexibility index (Phi) is 6.73. The average Bonchev–Trinajstić information content (AvgIpc) is 3.21. The number of carbonyl (C=O) groups excluding carboxylic acids is 1. The number of rotatable bonds is 5. The van der Waals surface area contributed by atoms with Gasteiger partial charge >= 0.3 is 12.2 Å². The van der Waals surface area contributed by atoms with Crippen LogP contribution in [0.4, 0.5) is 29.3 Å². The summed E-state index contributed by atoms with van der Waals surface area (Å²) in [7, 11) is 0. The second kappa shape index (κ2) is 9.62. The quantitative estimate of drug-likeness (QED) is 0.313. The minimum atomic E-state index is -4.50. The standard InChI is InChI=1S/C26H26F3N5O2/c1-25(2,3)22-14-20(21-15-30-34(11-12-35)23(21)33-22)16-7-9-18(10-8-16)31-24(36)32-19-6-4-5-17(13-19)26(27,28)29/h4-10,13-15,35H,11-12H2,1-3H3,(H2,31,32,36). The Hall–Kier alpha value is -3.92. The number of anilines is 2. The van der Waals surface area contributed by atoms with Crippen LogP contribution in [-0.4, -0.2) is 32.5 Å². The fraction of sp³-hybridized carbons (Fsp3) is 0.269. The monoisotopic (exact) mass is 497 g/mol. The highest BCUT2D eigenvalue weighted by Crippen LogP contribution is 2.33. The molecule has 2 aromatic heterocycles. The first-order chi connectivity index (χ1) is 17.0. The Bertz CT molecular complexity index is 1390. The number of pyridine rings is 1. The van der Waals surface area contributed by atoms with Crippen LogP contribution in [0.15, 0.2) is 60.8 Å². The van der Waals surface area contributed by atoms with Crippen LogP contribution in [0, 0.1) is 0 Å². The van der Waals surface area contributed by atoms with Gasteiger partial charge in [0.15, 0.2) is 5.65 Å². The van der Waals surface area contributed by atoms with E-state index in [0.29, 0.717) is 17.9 Å². The molecule has 0 aliphatic carbocycles. The van der Waals surface area contributed by atoms with Gasteiger partial charge in [-0.15, -0.1) is 0 Å². The van der Waals surface area contributed by atoms with E-state index in [-0.39, 0.29) is 17.7 Å². The van der Waals surface area contributed by atoms with E-state index in [1.807, 2.05) is 18.2 Å². The maximum Gasteiger partial charge on any atom is 0.416 e. The van der Waals surface area contributed by atoms with E-state index in [0.717, 1.165) is 34.3 Å². The fourth-order valence-electron chi connectivity index (χ4n) is 3.73. The Morgan fingerprint density at radius 3 is 2.33 bits per heavy atom. The number of carbonyl (C=O) groups is 1. The summed E-state index contributed by atoms with van der Waals surface area (Å²) in [6, 6.07) is 12.9. The summed E-state index contributed by atoms with van der Waals surface area (Å²) < 4.78 is 40.4. The van der Waals surface area contributed by atoms with E-state index < -0.39 is 17.8 Å². The molecule has 3 N–H and O–H groups in total. The number of amides is 2. The van der Waals surface area contributed by atoms with E-state index >= 15 is 0 Å². The molecule has 36 heavy (non-hydrogen) atoms. The summed E-state index contributed by atoms with van der Waals surface area (Å²) in [6.45, 7) is 6.46. The van der Waals surface area contributed by atoms with Crippen molar-refractivity contribution >= 4 is 28.4 Å². The maximum atomic E-state index is 12.9. The van der Waals surface area contributed by atoms with E-state index in [1.54, 1.807) is 23.0 Å². The lowest BCUT2D eigenvalue weighted by Gasteiger charge is -2.19. The number of fused-ring (bicyclic) bond motifs is 1. The number of urea groups is 1. The smallest absolute Gasteiger partial charge is 0.394 e. The molecule has 0 unspecified atom stereocenters. The summed E-state index contributed by atoms with van der Waals surface area (Å²) in [5.74, 6) is 0. The summed E-state index contributed by atoms with van der Waals surface area (Å²) in [4.78, 5) is 17.1. The molecule has 10 heteroatoms.